The largest absolute Gasteiger partial charge is 0.494 e. The Morgan fingerprint density at radius 2 is 1.90 bits per heavy atom. The van der Waals surface area contributed by atoms with Crippen molar-refractivity contribution in [3.63, 3.8) is 0 Å². The number of hydrogen-bond donors (Lipinski definition) is 0. The van der Waals surface area contributed by atoms with E-state index in [9.17, 15) is 0 Å². The first-order valence-electron chi connectivity index (χ1n) is 8.01. The topological polar surface area (TPSA) is 15.7 Å². The maximum Gasteiger partial charge on any atom is 0.119 e. The van der Waals surface area contributed by atoms with E-state index >= 15 is 0 Å². The van der Waals surface area contributed by atoms with Gasteiger partial charge in [0.1, 0.15) is 5.75 Å². The Morgan fingerprint density at radius 1 is 1.24 bits per heavy atom. The fourth-order valence-electron chi connectivity index (χ4n) is 2.72. The SMILES string of the molecule is CCCCOc1ccc(CN(C)C2CCN(I)CC2)cc1. The Hall–Kier alpha value is -0.330. The van der Waals surface area contributed by atoms with Gasteiger partial charge in [-0.3, -0.25) is 4.90 Å². The second kappa shape index (κ2) is 8.96. The average molecular weight is 402 g/mol. The molecule has 21 heavy (non-hydrogen) atoms. The lowest BCUT2D eigenvalue weighted by molar-refractivity contribution is 0.172. The number of unbranched alkanes of at least 4 members (excludes halogenated alkanes) is 1. The van der Waals surface area contributed by atoms with Crippen LogP contribution in [0.2, 0.25) is 0 Å². The molecule has 0 saturated carbocycles. The van der Waals surface area contributed by atoms with E-state index in [0.717, 1.165) is 31.4 Å². The highest BCUT2D eigenvalue weighted by Gasteiger charge is 2.21. The molecule has 1 aromatic rings. The Kier molecular flexibility index (Phi) is 7.26. The minimum Gasteiger partial charge on any atom is -0.494 e. The van der Waals surface area contributed by atoms with Crippen LogP contribution in [0.1, 0.15) is 38.2 Å². The third-order valence-electron chi connectivity index (χ3n) is 4.16. The van der Waals surface area contributed by atoms with Crippen LogP contribution in [0.25, 0.3) is 0 Å². The highest BCUT2D eigenvalue weighted by atomic mass is 127. The van der Waals surface area contributed by atoms with Gasteiger partial charge >= 0.3 is 0 Å². The summed E-state index contributed by atoms with van der Waals surface area (Å²) >= 11 is 2.43. The first-order chi connectivity index (χ1) is 10.2. The van der Waals surface area contributed by atoms with Crippen molar-refractivity contribution in [2.24, 2.45) is 0 Å². The van der Waals surface area contributed by atoms with E-state index in [0.29, 0.717) is 0 Å². The predicted molar refractivity (Wildman–Crippen MR) is 96.9 cm³/mol. The molecule has 1 saturated heterocycles. The molecule has 0 atom stereocenters. The summed E-state index contributed by atoms with van der Waals surface area (Å²) in [6.07, 6.45) is 4.86. The van der Waals surface area contributed by atoms with Crippen molar-refractivity contribution in [1.29, 1.82) is 0 Å². The highest BCUT2D eigenvalue weighted by Crippen LogP contribution is 2.20. The summed E-state index contributed by atoms with van der Waals surface area (Å²) < 4.78 is 8.11. The minimum absolute atomic E-state index is 0.719. The summed E-state index contributed by atoms with van der Waals surface area (Å²) in [4.78, 5) is 2.50. The number of rotatable bonds is 7. The first kappa shape index (κ1) is 17.0. The lowest BCUT2D eigenvalue weighted by atomic mass is 10.0. The van der Waals surface area contributed by atoms with Gasteiger partial charge in [-0.25, -0.2) is 3.11 Å². The van der Waals surface area contributed by atoms with E-state index in [4.69, 9.17) is 4.74 Å². The van der Waals surface area contributed by atoms with Gasteiger partial charge in [-0.05, 0) is 44.0 Å². The molecule has 0 bridgehead atoms. The zero-order valence-electron chi connectivity index (χ0n) is 13.2. The second-order valence-electron chi connectivity index (χ2n) is 5.90. The normalized spacial score (nSPS) is 17.3. The van der Waals surface area contributed by atoms with E-state index in [2.05, 4.69) is 69.1 Å². The van der Waals surface area contributed by atoms with E-state index < -0.39 is 0 Å². The fraction of sp³-hybridized carbons (Fsp3) is 0.647. The molecule has 1 aromatic carbocycles. The quantitative estimate of drug-likeness (QED) is 0.388. The minimum atomic E-state index is 0.719. The van der Waals surface area contributed by atoms with Gasteiger partial charge in [-0.1, -0.05) is 25.5 Å². The van der Waals surface area contributed by atoms with Crippen molar-refractivity contribution in [2.45, 2.75) is 45.2 Å². The van der Waals surface area contributed by atoms with Gasteiger partial charge in [0, 0.05) is 48.5 Å². The van der Waals surface area contributed by atoms with Crippen LogP contribution in [0.3, 0.4) is 0 Å². The summed E-state index contributed by atoms with van der Waals surface area (Å²) in [5.41, 5.74) is 1.37. The Bertz CT molecular complexity index is 402. The number of hydrogen-bond acceptors (Lipinski definition) is 3. The molecule has 0 aliphatic carbocycles. The van der Waals surface area contributed by atoms with Crippen LogP contribution >= 0.6 is 22.9 Å². The molecule has 0 unspecified atom stereocenters. The summed E-state index contributed by atoms with van der Waals surface area (Å²) in [5.74, 6) is 0.994. The van der Waals surface area contributed by atoms with E-state index in [1.807, 2.05) is 0 Å². The third kappa shape index (κ3) is 5.75. The second-order valence-corrected chi connectivity index (χ2v) is 7.27. The molecule has 4 heteroatoms. The molecule has 2 rings (SSSR count). The number of benzene rings is 1. The summed E-state index contributed by atoms with van der Waals surface area (Å²) in [6.45, 7) is 6.45. The summed E-state index contributed by atoms with van der Waals surface area (Å²) in [5, 5.41) is 0. The van der Waals surface area contributed by atoms with Gasteiger partial charge in [0.25, 0.3) is 0 Å². The molecule has 0 spiro atoms. The van der Waals surface area contributed by atoms with E-state index in [1.54, 1.807) is 0 Å². The van der Waals surface area contributed by atoms with Crippen molar-refractivity contribution in [1.82, 2.24) is 8.01 Å². The lowest BCUT2D eigenvalue weighted by Gasteiger charge is -2.34. The van der Waals surface area contributed by atoms with Gasteiger partial charge < -0.3 is 4.74 Å². The fourth-order valence-corrected chi connectivity index (χ4v) is 3.27. The molecule has 0 N–H and O–H groups in total. The standard InChI is InChI=1S/C17H27IN2O/c1-3-4-13-21-17-7-5-15(6-8-17)14-19(2)16-9-11-20(18)12-10-16/h5-8,16H,3-4,9-14H2,1-2H3. The zero-order chi connectivity index (χ0) is 15.1. The summed E-state index contributed by atoms with van der Waals surface area (Å²) in [6, 6.07) is 9.33. The number of piperidine rings is 1. The monoisotopic (exact) mass is 402 g/mol. The van der Waals surface area contributed by atoms with Gasteiger partial charge in [-0.2, -0.15) is 0 Å². The number of halogens is 1. The van der Waals surface area contributed by atoms with Crippen LogP contribution in [-0.2, 0) is 6.54 Å². The molecule has 1 aliphatic rings. The molecule has 1 heterocycles. The van der Waals surface area contributed by atoms with Gasteiger partial charge in [0.2, 0.25) is 0 Å². The predicted octanol–water partition coefficient (Wildman–Crippen LogP) is 4.11. The molecular weight excluding hydrogens is 375 g/mol. The smallest absolute Gasteiger partial charge is 0.119 e. The van der Waals surface area contributed by atoms with Crippen LogP contribution in [0, 0.1) is 0 Å². The van der Waals surface area contributed by atoms with Crippen LogP contribution in [0.4, 0.5) is 0 Å². The van der Waals surface area contributed by atoms with Gasteiger partial charge in [-0.15, -0.1) is 0 Å². The number of ether oxygens (including phenoxy) is 1. The third-order valence-corrected chi connectivity index (χ3v) is 5.12. The van der Waals surface area contributed by atoms with Gasteiger partial charge in [0.15, 0.2) is 0 Å². The highest BCUT2D eigenvalue weighted by molar-refractivity contribution is 14.1. The average Bonchev–Trinajstić information content (AvgIpc) is 2.50. The van der Waals surface area contributed by atoms with Crippen molar-refractivity contribution in [3.05, 3.63) is 29.8 Å². The molecule has 118 valence electrons. The van der Waals surface area contributed by atoms with Crippen molar-refractivity contribution in [3.8, 4) is 5.75 Å². The molecule has 0 aromatic heterocycles. The van der Waals surface area contributed by atoms with E-state index in [1.165, 1.54) is 37.9 Å². The zero-order valence-corrected chi connectivity index (χ0v) is 15.4. The van der Waals surface area contributed by atoms with Gasteiger partial charge in [0.05, 0.1) is 6.61 Å². The Labute approximate surface area is 143 Å². The maximum atomic E-state index is 5.71. The Morgan fingerprint density at radius 3 is 2.52 bits per heavy atom. The van der Waals surface area contributed by atoms with E-state index in [-0.39, 0.29) is 0 Å². The summed E-state index contributed by atoms with van der Waals surface area (Å²) in [7, 11) is 2.25. The molecular formula is C17H27IN2O. The lowest BCUT2D eigenvalue weighted by Crippen LogP contribution is -2.39. The number of nitrogens with zero attached hydrogens (tertiary/aromatic N) is 2. The molecule has 1 fully saturated rings. The van der Waals surface area contributed by atoms with Crippen molar-refractivity contribution >= 4 is 22.9 Å². The molecule has 3 nitrogen and oxygen atoms in total. The molecule has 1 aliphatic heterocycles. The van der Waals surface area contributed by atoms with Crippen LogP contribution in [0.15, 0.2) is 24.3 Å². The van der Waals surface area contributed by atoms with Crippen molar-refractivity contribution in [2.75, 3.05) is 26.7 Å². The molecule has 0 amide bonds. The van der Waals surface area contributed by atoms with Crippen LogP contribution in [0.5, 0.6) is 5.75 Å². The van der Waals surface area contributed by atoms with Crippen LogP contribution in [-0.4, -0.2) is 40.8 Å². The Balaban J connectivity index is 1.79. The first-order valence-corrected chi connectivity index (χ1v) is 8.98. The van der Waals surface area contributed by atoms with Crippen LogP contribution < -0.4 is 4.74 Å². The molecule has 0 radical (unpaired) electrons. The maximum absolute atomic E-state index is 5.71. The van der Waals surface area contributed by atoms with Crippen molar-refractivity contribution < 1.29 is 4.74 Å².